The molecule has 2 heterocycles. The van der Waals surface area contributed by atoms with Crippen molar-refractivity contribution in [2.75, 3.05) is 0 Å². The van der Waals surface area contributed by atoms with E-state index < -0.39 is 0 Å². The number of aryl methyl sites for hydroxylation is 1. The van der Waals surface area contributed by atoms with Gasteiger partial charge >= 0.3 is 0 Å². The van der Waals surface area contributed by atoms with Crippen molar-refractivity contribution in [1.29, 1.82) is 0 Å². The number of nitrogens with zero attached hydrogens (tertiary/aromatic N) is 5. The molecule has 1 aromatic carbocycles. The Hall–Kier alpha value is -2.15. The number of hydrogen-bond donors (Lipinski definition) is 0. The molecule has 2 aromatic heterocycles. The van der Waals surface area contributed by atoms with Crippen LogP contribution in [0.15, 0.2) is 33.9 Å². The highest BCUT2D eigenvalue weighted by atomic mass is 32.2. The Bertz CT molecular complexity index is 840. The molecule has 0 spiro atoms. The van der Waals surface area contributed by atoms with Crippen LogP contribution in [0.5, 0.6) is 0 Å². The van der Waals surface area contributed by atoms with Crippen LogP contribution in [0.2, 0.25) is 0 Å². The largest absolute Gasteiger partial charge is 0.338 e. The van der Waals surface area contributed by atoms with Gasteiger partial charge in [-0.3, -0.25) is 0 Å². The van der Waals surface area contributed by atoms with Crippen LogP contribution in [0.25, 0.3) is 11.4 Å². The van der Waals surface area contributed by atoms with Gasteiger partial charge in [0.25, 0.3) is 0 Å². The van der Waals surface area contributed by atoms with Crippen molar-refractivity contribution in [1.82, 2.24) is 24.9 Å². The van der Waals surface area contributed by atoms with Crippen LogP contribution < -0.4 is 0 Å². The first-order valence-electron chi connectivity index (χ1n) is 8.51. The molecule has 0 aliphatic rings. The van der Waals surface area contributed by atoms with E-state index in [1.807, 2.05) is 6.07 Å². The fourth-order valence-corrected chi connectivity index (χ4v) is 3.44. The summed E-state index contributed by atoms with van der Waals surface area (Å²) in [7, 11) is 0. The second-order valence-corrected chi connectivity index (χ2v) is 7.35. The lowest BCUT2D eigenvalue weighted by atomic mass is 10.1. The molecule has 0 N–H and O–H groups in total. The van der Waals surface area contributed by atoms with Crippen LogP contribution >= 0.6 is 11.8 Å². The maximum Gasteiger partial charge on any atom is 0.237 e. The maximum absolute atomic E-state index is 5.33. The second kappa shape index (κ2) is 7.82. The van der Waals surface area contributed by atoms with E-state index in [9.17, 15) is 0 Å². The van der Waals surface area contributed by atoms with Gasteiger partial charge in [0.1, 0.15) is 0 Å². The van der Waals surface area contributed by atoms with Crippen LogP contribution in [0.1, 0.15) is 38.0 Å². The van der Waals surface area contributed by atoms with E-state index in [1.54, 1.807) is 11.8 Å². The first-order valence-corrected chi connectivity index (χ1v) is 9.50. The molecule has 0 aliphatic carbocycles. The summed E-state index contributed by atoms with van der Waals surface area (Å²) in [5.41, 5.74) is 2.29. The normalized spacial score (nSPS) is 11.4. The summed E-state index contributed by atoms with van der Waals surface area (Å²) in [5, 5.41) is 13.6. The summed E-state index contributed by atoms with van der Waals surface area (Å²) >= 11 is 1.57. The van der Waals surface area contributed by atoms with Crippen molar-refractivity contribution < 1.29 is 4.52 Å². The van der Waals surface area contributed by atoms with Gasteiger partial charge in [0, 0.05) is 18.5 Å². The Morgan fingerprint density at radius 3 is 2.80 bits per heavy atom. The third kappa shape index (κ3) is 4.28. The average Bonchev–Trinajstić information content (AvgIpc) is 3.18. The average molecular weight is 357 g/mol. The number of thioether (sulfide) groups is 1. The number of aromatic nitrogens is 5. The van der Waals surface area contributed by atoms with E-state index in [4.69, 9.17) is 4.52 Å². The molecule has 0 fully saturated rings. The monoisotopic (exact) mass is 357 g/mol. The van der Waals surface area contributed by atoms with Gasteiger partial charge in [0.15, 0.2) is 16.8 Å². The lowest BCUT2D eigenvalue weighted by molar-refractivity contribution is 0.382. The van der Waals surface area contributed by atoms with Crippen molar-refractivity contribution in [3.63, 3.8) is 0 Å². The molecule has 25 heavy (non-hydrogen) atoms. The summed E-state index contributed by atoms with van der Waals surface area (Å²) in [6.45, 7) is 9.26. The van der Waals surface area contributed by atoms with Crippen LogP contribution in [-0.2, 0) is 18.7 Å². The van der Waals surface area contributed by atoms with Gasteiger partial charge in [0.05, 0.1) is 5.75 Å². The second-order valence-electron chi connectivity index (χ2n) is 6.41. The lowest BCUT2D eigenvalue weighted by Crippen LogP contribution is -2.00. The number of rotatable bonds is 7. The van der Waals surface area contributed by atoms with Crippen molar-refractivity contribution in [3.8, 4) is 11.4 Å². The predicted octanol–water partition coefficient (Wildman–Crippen LogP) is 4.15. The number of hydrogen-bond acceptors (Lipinski definition) is 6. The van der Waals surface area contributed by atoms with Gasteiger partial charge in [-0.05, 0) is 25.8 Å². The highest BCUT2D eigenvalue weighted by Gasteiger charge is 2.15. The quantitative estimate of drug-likeness (QED) is 0.592. The van der Waals surface area contributed by atoms with E-state index >= 15 is 0 Å². The molecule has 3 rings (SSSR count). The van der Waals surface area contributed by atoms with Gasteiger partial charge in [-0.2, -0.15) is 4.98 Å². The van der Waals surface area contributed by atoms with Crippen LogP contribution in [0.3, 0.4) is 0 Å². The van der Waals surface area contributed by atoms with Crippen molar-refractivity contribution in [2.24, 2.45) is 5.92 Å². The van der Waals surface area contributed by atoms with E-state index in [1.165, 1.54) is 5.56 Å². The molecule has 0 radical (unpaired) electrons. The Morgan fingerprint density at radius 1 is 1.24 bits per heavy atom. The molecule has 3 aromatic rings. The summed E-state index contributed by atoms with van der Waals surface area (Å²) in [6.07, 6.45) is 0.830. The minimum atomic E-state index is 0.512. The van der Waals surface area contributed by atoms with Crippen LogP contribution in [0, 0.1) is 12.8 Å². The van der Waals surface area contributed by atoms with Crippen molar-refractivity contribution in [3.05, 3.63) is 41.5 Å². The van der Waals surface area contributed by atoms with E-state index in [-0.39, 0.29) is 0 Å². The molecule has 0 atom stereocenters. The SMILES string of the molecule is CCn1c(SCc2nc(CC(C)C)no2)nnc1-c1cccc(C)c1. The van der Waals surface area contributed by atoms with Crippen molar-refractivity contribution >= 4 is 11.8 Å². The van der Waals surface area contributed by atoms with Gasteiger partial charge in [0.2, 0.25) is 5.89 Å². The molecular weight excluding hydrogens is 334 g/mol. The first kappa shape index (κ1) is 17.7. The van der Waals surface area contributed by atoms with Crippen molar-refractivity contribution in [2.45, 2.75) is 51.6 Å². The zero-order valence-electron chi connectivity index (χ0n) is 15.1. The zero-order chi connectivity index (χ0) is 17.8. The molecule has 0 amide bonds. The minimum Gasteiger partial charge on any atom is -0.338 e. The van der Waals surface area contributed by atoms with Gasteiger partial charge < -0.3 is 9.09 Å². The molecule has 0 aliphatic heterocycles. The molecule has 6 nitrogen and oxygen atoms in total. The Labute approximate surface area is 152 Å². The molecule has 7 heteroatoms. The zero-order valence-corrected chi connectivity index (χ0v) is 15.9. The van der Waals surface area contributed by atoms with Gasteiger partial charge in [-0.1, -0.05) is 54.5 Å². The van der Waals surface area contributed by atoms with E-state index in [2.05, 4.69) is 70.8 Å². The smallest absolute Gasteiger partial charge is 0.237 e. The fraction of sp³-hybridized carbons (Fsp3) is 0.444. The summed E-state index contributed by atoms with van der Waals surface area (Å²) in [4.78, 5) is 4.44. The van der Waals surface area contributed by atoms with Crippen LogP contribution in [-0.4, -0.2) is 24.9 Å². The lowest BCUT2D eigenvalue weighted by Gasteiger charge is -2.07. The topological polar surface area (TPSA) is 69.6 Å². The third-order valence-electron chi connectivity index (χ3n) is 3.74. The molecule has 132 valence electrons. The summed E-state index contributed by atoms with van der Waals surface area (Å²) in [6, 6.07) is 8.31. The fourth-order valence-electron chi connectivity index (χ4n) is 2.60. The molecule has 0 saturated carbocycles. The van der Waals surface area contributed by atoms with Crippen LogP contribution in [0.4, 0.5) is 0 Å². The molecule has 0 unspecified atom stereocenters. The predicted molar refractivity (Wildman–Crippen MR) is 98.3 cm³/mol. The molecular formula is C18H23N5OS. The Morgan fingerprint density at radius 2 is 2.08 bits per heavy atom. The standard InChI is InChI=1S/C18H23N5OS/c1-5-23-17(14-8-6-7-13(4)10-14)20-21-18(23)25-11-16-19-15(22-24-16)9-12(2)3/h6-8,10,12H,5,9,11H2,1-4H3. The maximum atomic E-state index is 5.33. The highest BCUT2D eigenvalue weighted by Crippen LogP contribution is 2.26. The Balaban J connectivity index is 1.74. The molecule has 0 bridgehead atoms. The number of benzene rings is 1. The summed E-state index contributed by atoms with van der Waals surface area (Å²) in [5.74, 6) is 3.39. The highest BCUT2D eigenvalue weighted by molar-refractivity contribution is 7.98. The summed E-state index contributed by atoms with van der Waals surface area (Å²) < 4.78 is 7.44. The first-order chi connectivity index (χ1) is 12.1. The van der Waals surface area contributed by atoms with E-state index in [0.29, 0.717) is 17.6 Å². The third-order valence-corrected chi connectivity index (χ3v) is 4.69. The Kier molecular flexibility index (Phi) is 5.53. The van der Waals surface area contributed by atoms with Gasteiger partial charge in [-0.25, -0.2) is 0 Å². The van der Waals surface area contributed by atoms with E-state index in [0.717, 1.165) is 35.3 Å². The minimum absolute atomic E-state index is 0.512. The van der Waals surface area contributed by atoms with Gasteiger partial charge in [-0.15, -0.1) is 10.2 Å². The molecule has 0 saturated heterocycles.